The fraction of sp³-hybridized carbons (Fsp3) is 0.438. The molecule has 2 aromatic rings. The third-order valence-corrected chi connectivity index (χ3v) is 3.97. The monoisotopic (exact) mass is 268 g/mol. The number of fused-ring (bicyclic) bond motifs is 1. The highest BCUT2D eigenvalue weighted by atomic mass is 14.9. The maximum atomic E-state index is 4.74. The SMILES string of the molecule is CNCC1CCc2nc(-c3ncccc3C)ncc2C1. The topological polar surface area (TPSA) is 50.7 Å². The van der Waals surface area contributed by atoms with Gasteiger partial charge in [-0.15, -0.1) is 0 Å². The van der Waals surface area contributed by atoms with E-state index in [0.29, 0.717) is 5.92 Å². The zero-order valence-electron chi connectivity index (χ0n) is 12.1. The minimum Gasteiger partial charge on any atom is -0.319 e. The van der Waals surface area contributed by atoms with Crippen molar-refractivity contribution in [3.8, 4) is 11.5 Å². The molecule has 0 spiro atoms. The van der Waals surface area contributed by atoms with Crippen molar-refractivity contribution in [1.29, 1.82) is 0 Å². The fourth-order valence-electron chi connectivity index (χ4n) is 2.88. The lowest BCUT2D eigenvalue weighted by Crippen LogP contribution is -2.25. The quantitative estimate of drug-likeness (QED) is 0.927. The smallest absolute Gasteiger partial charge is 0.178 e. The summed E-state index contributed by atoms with van der Waals surface area (Å²) in [6.07, 6.45) is 7.12. The Kier molecular flexibility index (Phi) is 3.74. The van der Waals surface area contributed by atoms with Gasteiger partial charge >= 0.3 is 0 Å². The van der Waals surface area contributed by atoms with Crippen LogP contribution in [-0.2, 0) is 12.8 Å². The number of aromatic nitrogens is 3. The molecule has 0 bridgehead atoms. The molecule has 104 valence electrons. The maximum Gasteiger partial charge on any atom is 0.178 e. The lowest BCUT2D eigenvalue weighted by atomic mass is 9.87. The predicted molar refractivity (Wildman–Crippen MR) is 79.4 cm³/mol. The molecule has 0 saturated heterocycles. The van der Waals surface area contributed by atoms with Crippen molar-refractivity contribution in [1.82, 2.24) is 20.3 Å². The van der Waals surface area contributed by atoms with E-state index in [1.807, 2.05) is 32.3 Å². The molecule has 1 aliphatic rings. The Morgan fingerprint density at radius 3 is 3.05 bits per heavy atom. The van der Waals surface area contributed by atoms with Gasteiger partial charge in [0.15, 0.2) is 5.82 Å². The largest absolute Gasteiger partial charge is 0.319 e. The van der Waals surface area contributed by atoms with Gasteiger partial charge < -0.3 is 5.32 Å². The highest BCUT2D eigenvalue weighted by molar-refractivity contribution is 5.54. The summed E-state index contributed by atoms with van der Waals surface area (Å²) in [6.45, 7) is 3.12. The van der Waals surface area contributed by atoms with E-state index < -0.39 is 0 Å². The van der Waals surface area contributed by atoms with Gasteiger partial charge in [0.2, 0.25) is 0 Å². The third-order valence-electron chi connectivity index (χ3n) is 3.97. The molecule has 0 aliphatic heterocycles. The van der Waals surface area contributed by atoms with Crippen LogP contribution in [0.2, 0.25) is 0 Å². The average Bonchev–Trinajstić information content (AvgIpc) is 2.48. The van der Waals surface area contributed by atoms with Gasteiger partial charge in [0.1, 0.15) is 5.69 Å². The van der Waals surface area contributed by atoms with Gasteiger partial charge in [0, 0.05) is 18.1 Å². The Balaban J connectivity index is 1.90. The molecular formula is C16H20N4. The van der Waals surface area contributed by atoms with Crippen molar-refractivity contribution >= 4 is 0 Å². The van der Waals surface area contributed by atoms with Gasteiger partial charge in [0.05, 0.1) is 0 Å². The molecule has 2 aromatic heterocycles. The lowest BCUT2D eigenvalue weighted by Gasteiger charge is -2.23. The van der Waals surface area contributed by atoms with Crippen LogP contribution in [0.4, 0.5) is 0 Å². The molecule has 20 heavy (non-hydrogen) atoms. The molecule has 1 unspecified atom stereocenters. The molecule has 0 radical (unpaired) electrons. The van der Waals surface area contributed by atoms with E-state index in [-0.39, 0.29) is 0 Å². The van der Waals surface area contributed by atoms with Crippen molar-refractivity contribution in [2.45, 2.75) is 26.2 Å². The van der Waals surface area contributed by atoms with Crippen molar-refractivity contribution < 1.29 is 0 Å². The molecular weight excluding hydrogens is 248 g/mol. The standard InChI is InChI=1S/C16H20N4/c1-11-4-3-7-18-15(11)16-19-10-13-8-12(9-17-2)5-6-14(13)20-16/h3-4,7,10,12,17H,5-6,8-9H2,1-2H3. The molecule has 1 N–H and O–H groups in total. The van der Waals surface area contributed by atoms with Crippen LogP contribution in [0.1, 0.15) is 23.2 Å². The number of nitrogens with zero attached hydrogens (tertiary/aromatic N) is 3. The number of nitrogens with one attached hydrogen (secondary N) is 1. The Morgan fingerprint density at radius 1 is 1.35 bits per heavy atom. The van der Waals surface area contributed by atoms with E-state index in [1.165, 1.54) is 17.7 Å². The molecule has 4 nitrogen and oxygen atoms in total. The summed E-state index contributed by atoms with van der Waals surface area (Å²) in [4.78, 5) is 13.7. The van der Waals surface area contributed by atoms with E-state index in [0.717, 1.165) is 36.5 Å². The van der Waals surface area contributed by atoms with E-state index >= 15 is 0 Å². The molecule has 0 amide bonds. The second kappa shape index (κ2) is 5.67. The van der Waals surface area contributed by atoms with Gasteiger partial charge in [-0.25, -0.2) is 9.97 Å². The van der Waals surface area contributed by atoms with E-state index in [2.05, 4.69) is 15.3 Å². The highest BCUT2D eigenvalue weighted by Crippen LogP contribution is 2.25. The molecule has 0 fully saturated rings. The normalized spacial score (nSPS) is 17.8. The van der Waals surface area contributed by atoms with Crippen LogP contribution in [0.15, 0.2) is 24.5 Å². The first-order valence-corrected chi connectivity index (χ1v) is 7.19. The molecule has 0 saturated carbocycles. The van der Waals surface area contributed by atoms with Crippen LogP contribution < -0.4 is 5.32 Å². The summed E-state index contributed by atoms with van der Waals surface area (Å²) in [5.41, 5.74) is 4.52. The third kappa shape index (κ3) is 2.56. The minimum absolute atomic E-state index is 0.707. The van der Waals surface area contributed by atoms with E-state index in [1.54, 1.807) is 6.20 Å². The fourth-order valence-corrected chi connectivity index (χ4v) is 2.88. The summed E-state index contributed by atoms with van der Waals surface area (Å²) < 4.78 is 0. The molecule has 0 aromatic carbocycles. The predicted octanol–water partition coefficient (Wildman–Crippen LogP) is 2.17. The van der Waals surface area contributed by atoms with Gasteiger partial charge in [-0.05, 0) is 62.9 Å². The lowest BCUT2D eigenvalue weighted by molar-refractivity contribution is 0.434. The number of hydrogen-bond donors (Lipinski definition) is 1. The minimum atomic E-state index is 0.707. The summed E-state index contributed by atoms with van der Waals surface area (Å²) in [6, 6.07) is 3.99. The second-order valence-corrected chi connectivity index (χ2v) is 5.50. The highest BCUT2D eigenvalue weighted by Gasteiger charge is 2.20. The second-order valence-electron chi connectivity index (χ2n) is 5.50. The summed E-state index contributed by atoms with van der Waals surface area (Å²) >= 11 is 0. The van der Waals surface area contributed by atoms with Crippen LogP contribution >= 0.6 is 0 Å². The van der Waals surface area contributed by atoms with Crippen LogP contribution in [0.5, 0.6) is 0 Å². The first-order valence-electron chi connectivity index (χ1n) is 7.19. The summed E-state index contributed by atoms with van der Waals surface area (Å²) in [5.74, 6) is 1.47. The van der Waals surface area contributed by atoms with Crippen LogP contribution in [0, 0.1) is 12.8 Å². The van der Waals surface area contributed by atoms with Crippen molar-refractivity contribution in [3.63, 3.8) is 0 Å². The van der Waals surface area contributed by atoms with E-state index in [4.69, 9.17) is 4.98 Å². The van der Waals surface area contributed by atoms with Crippen molar-refractivity contribution in [2.24, 2.45) is 5.92 Å². The zero-order chi connectivity index (χ0) is 13.9. The number of rotatable bonds is 3. The Morgan fingerprint density at radius 2 is 2.25 bits per heavy atom. The number of aryl methyl sites for hydroxylation is 2. The number of pyridine rings is 1. The molecule has 3 rings (SSSR count). The van der Waals surface area contributed by atoms with Gasteiger partial charge in [-0.1, -0.05) is 6.07 Å². The van der Waals surface area contributed by atoms with Crippen molar-refractivity contribution in [3.05, 3.63) is 41.3 Å². The molecule has 1 aliphatic carbocycles. The van der Waals surface area contributed by atoms with Crippen LogP contribution in [0.25, 0.3) is 11.5 Å². The Bertz CT molecular complexity index is 609. The molecule has 4 heteroatoms. The van der Waals surface area contributed by atoms with Crippen LogP contribution in [0.3, 0.4) is 0 Å². The zero-order valence-corrected chi connectivity index (χ0v) is 12.1. The van der Waals surface area contributed by atoms with Gasteiger partial charge in [0.25, 0.3) is 0 Å². The van der Waals surface area contributed by atoms with Crippen LogP contribution in [-0.4, -0.2) is 28.5 Å². The molecule has 2 heterocycles. The van der Waals surface area contributed by atoms with Gasteiger partial charge in [-0.2, -0.15) is 0 Å². The Hall–Kier alpha value is -1.81. The molecule has 1 atom stereocenters. The average molecular weight is 268 g/mol. The van der Waals surface area contributed by atoms with E-state index in [9.17, 15) is 0 Å². The van der Waals surface area contributed by atoms with Crippen molar-refractivity contribution in [2.75, 3.05) is 13.6 Å². The first kappa shape index (κ1) is 13.2. The number of hydrogen-bond acceptors (Lipinski definition) is 4. The first-order chi connectivity index (χ1) is 9.78. The summed E-state index contributed by atoms with van der Waals surface area (Å²) in [7, 11) is 2.01. The Labute approximate surface area is 119 Å². The summed E-state index contributed by atoms with van der Waals surface area (Å²) in [5, 5.41) is 3.26. The maximum absolute atomic E-state index is 4.74. The van der Waals surface area contributed by atoms with Gasteiger partial charge in [-0.3, -0.25) is 4.98 Å².